The van der Waals surface area contributed by atoms with E-state index in [4.69, 9.17) is 0 Å². The zero-order valence-electron chi connectivity index (χ0n) is 9.42. The van der Waals surface area contributed by atoms with Crippen molar-refractivity contribution in [3.63, 3.8) is 0 Å². The van der Waals surface area contributed by atoms with Gasteiger partial charge in [-0.15, -0.1) is 13.2 Å². The van der Waals surface area contributed by atoms with Crippen LogP contribution in [0.15, 0.2) is 25.3 Å². The van der Waals surface area contributed by atoms with E-state index in [-0.39, 0.29) is 0 Å². The van der Waals surface area contributed by atoms with Gasteiger partial charge in [-0.25, -0.2) is 0 Å². The molecular formula is C12H20S4. The molecule has 4 unspecified atom stereocenters. The maximum absolute atomic E-state index is 4.47. The van der Waals surface area contributed by atoms with E-state index >= 15 is 0 Å². The molecule has 1 rings (SSSR count). The molecule has 0 radical (unpaired) electrons. The third-order valence-electron chi connectivity index (χ3n) is 2.59. The second kappa shape index (κ2) is 8.06. The van der Waals surface area contributed by atoms with Gasteiger partial charge in [0.25, 0.3) is 0 Å². The van der Waals surface area contributed by atoms with Crippen molar-refractivity contribution in [3.05, 3.63) is 25.3 Å². The van der Waals surface area contributed by atoms with Crippen molar-refractivity contribution in [1.82, 2.24) is 0 Å². The largest absolute Gasteiger partial charge is 0.172 e. The Kier molecular flexibility index (Phi) is 7.53. The van der Waals surface area contributed by atoms with Crippen LogP contribution in [0.3, 0.4) is 0 Å². The third kappa shape index (κ3) is 5.48. The van der Waals surface area contributed by atoms with Gasteiger partial charge in [0.15, 0.2) is 0 Å². The van der Waals surface area contributed by atoms with Crippen LogP contribution in [0.2, 0.25) is 0 Å². The summed E-state index contributed by atoms with van der Waals surface area (Å²) in [5.41, 5.74) is 0. The number of thioether (sulfide) groups is 2. The van der Waals surface area contributed by atoms with Crippen LogP contribution in [-0.4, -0.2) is 32.5 Å². The molecule has 1 heterocycles. The second-order valence-electron chi connectivity index (χ2n) is 3.99. The molecule has 92 valence electrons. The van der Waals surface area contributed by atoms with E-state index in [9.17, 15) is 0 Å². The predicted molar refractivity (Wildman–Crippen MR) is 87.7 cm³/mol. The standard InChI is InChI=1S/C12H20S4/c1-3-9(13)5-11-7-16-12(8-15-11)6-10(14)4-2/h3-4,9-14H,1-2,5-8H2. The molecule has 0 spiro atoms. The SMILES string of the molecule is C=CC(S)CC1CSC(CC(S)C=C)CS1. The molecule has 1 aliphatic heterocycles. The highest BCUT2D eigenvalue weighted by atomic mass is 32.2. The lowest BCUT2D eigenvalue weighted by Gasteiger charge is -2.29. The van der Waals surface area contributed by atoms with E-state index in [1.54, 1.807) is 0 Å². The Morgan fingerprint density at radius 2 is 1.38 bits per heavy atom. The summed E-state index contributed by atoms with van der Waals surface area (Å²) < 4.78 is 0. The van der Waals surface area contributed by atoms with Gasteiger partial charge in [-0.1, -0.05) is 12.2 Å². The number of thiol groups is 2. The number of rotatable bonds is 6. The quantitative estimate of drug-likeness (QED) is 0.562. The first-order valence-electron chi connectivity index (χ1n) is 5.50. The molecule has 0 N–H and O–H groups in total. The first-order chi connectivity index (χ1) is 7.65. The van der Waals surface area contributed by atoms with Crippen LogP contribution in [0.25, 0.3) is 0 Å². The Labute approximate surface area is 119 Å². The summed E-state index contributed by atoms with van der Waals surface area (Å²) in [6.45, 7) is 7.56. The van der Waals surface area contributed by atoms with Gasteiger partial charge in [0, 0.05) is 32.5 Å². The summed E-state index contributed by atoms with van der Waals surface area (Å²) in [4.78, 5) is 0. The molecule has 16 heavy (non-hydrogen) atoms. The van der Waals surface area contributed by atoms with E-state index in [0.717, 1.165) is 23.3 Å². The molecule has 0 aromatic heterocycles. The Balaban J connectivity index is 2.23. The van der Waals surface area contributed by atoms with Crippen molar-refractivity contribution in [1.29, 1.82) is 0 Å². The van der Waals surface area contributed by atoms with Crippen LogP contribution in [0.5, 0.6) is 0 Å². The van der Waals surface area contributed by atoms with Gasteiger partial charge in [0.05, 0.1) is 0 Å². The lowest BCUT2D eigenvalue weighted by Crippen LogP contribution is -2.25. The molecule has 0 aromatic rings. The Morgan fingerprint density at radius 1 is 1.00 bits per heavy atom. The van der Waals surface area contributed by atoms with E-state index in [2.05, 4.69) is 61.9 Å². The maximum Gasteiger partial charge on any atom is 0.0205 e. The van der Waals surface area contributed by atoms with Gasteiger partial charge in [-0.2, -0.15) is 48.8 Å². The van der Waals surface area contributed by atoms with E-state index in [0.29, 0.717) is 10.5 Å². The van der Waals surface area contributed by atoms with Crippen molar-refractivity contribution in [2.75, 3.05) is 11.5 Å². The van der Waals surface area contributed by atoms with Crippen molar-refractivity contribution < 1.29 is 0 Å². The van der Waals surface area contributed by atoms with Crippen molar-refractivity contribution in [3.8, 4) is 0 Å². The van der Waals surface area contributed by atoms with E-state index < -0.39 is 0 Å². The van der Waals surface area contributed by atoms with Crippen molar-refractivity contribution in [2.24, 2.45) is 0 Å². The molecule has 1 aliphatic rings. The number of hydrogen-bond donors (Lipinski definition) is 2. The van der Waals surface area contributed by atoms with Gasteiger partial charge in [-0.3, -0.25) is 0 Å². The molecule has 4 atom stereocenters. The minimum absolute atomic E-state index is 0.348. The van der Waals surface area contributed by atoms with Crippen molar-refractivity contribution >= 4 is 48.8 Å². The summed E-state index contributed by atoms with van der Waals surface area (Å²) in [6.07, 6.45) is 6.15. The van der Waals surface area contributed by atoms with Crippen LogP contribution in [0, 0.1) is 0 Å². The predicted octanol–water partition coefficient (Wildman–Crippen LogP) is 3.95. The highest BCUT2D eigenvalue weighted by Gasteiger charge is 2.23. The summed E-state index contributed by atoms with van der Waals surface area (Å²) in [5.74, 6) is 2.47. The topological polar surface area (TPSA) is 0 Å². The number of hydrogen-bond acceptors (Lipinski definition) is 4. The highest BCUT2D eigenvalue weighted by molar-refractivity contribution is 8.07. The summed E-state index contributed by atoms with van der Waals surface area (Å²) in [7, 11) is 0. The fraction of sp³-hybridized carbons (Fsp3) is 0.667. The molecule has 4 heteroatoms. The molecule has 0 saturated carbocycles. The fourth-order valence-corrected chi connectivity index (χ4v) is 5.55. The summed E-state index contributed by atoms with van der Waals surface area (Å²) >= 11 is 13.1. The first kappa shape index (κ1) is 14.9. The first-order valence-corrected chi connectivity index (χ1v) is 8.63. The monoisotopic (exact) mass is 292 g/mol. The van der Waals surface area contributed by atoms with Crippen LogP contribution < -0.4 is 0 Å². The second-order valence-corrected chi connectivity index (χ2v) is 7.98. The van der Waals surface area contributed by atoms with Gasteiger partial charge < -0.3 is 0 Å². The fourth-order valence-electron chi connectivity index (χ4n) is 1.59. The summed E-state index contributed by atoms with van der Waals surface area (Å²) in [5, 5.41) is 2.17. The lowest BCUT2D eigenvalue weighted by atomic mass is 10.2. The smallest absolute Gasteiger partial charge is 0.0205 e. The van der Waals surface area contributed by atoms with Crippen LogP contribution in [0.1, 0.15) is 12.8 Å². The van der Waals surface area contributed by atoms with E-state index in [1.807, 2.05) is 12.2 Å². The van der Waals surface area contributed by atoms with Gasteiger partial charge in [0.1, 0.15) is 0 Å². The zero-order chi connectivity index (χ0) is 12.0. The molecule has 0 aromatic carbocycles. The van der Waals surface area contributed by atoms with Gasteiger partial charge in [0.2, 0.25) is 0 Å². The normalized spacial score (nSPS) is 29.4. The molecule has 0 amide bonds. The Morgan fingerprint density at radius 3 is 1.62 bits per heavy atom. The third-order valence-corrected chi connectivity index (χ3v) is 6.70. The lowest BCUT2D eigenvalue weighted by molar-refractivity contribution is 0.813. The average molecular weight is 293 g/mol. The highest BCUT2D eigenvalue weighted by Crippen LogP contribution is 2.35. The molecular weight excluding hydrogens is 272 g/mol. The Hall–Kier alpha value is 0.880. The summed E-state index contributed by atoms with van der Waals surface area (Å²) in [6, 6.07) is 0. The van der Waals surface area contributed by atoms with Crippen LogP contribution in [0.4, 0.5) is 0 Å². The zero-order valence-corrected chi connectivity index (χ0v) is 12.8. The molecule has 1 saturated heterocycles. The van der Waals surface area contributed by atoms with Gasteiger partial charge in [-0.05, 0) is 12.8 Å². The van der Waals surface area contributed by atoms with Crippen molar-refractivity contribution in [2.45, 2.75) is 33.8 Å². The molecule has 0 bridgehead atoms. The van der Waals surface area contributed by atoms with E-state index in [1.165, 1.54) is 11.5 Å². The Bertz CT molecular complexity index is 197. The van der Waals surface area contributed by atoms with Crippen LogP contribution in [-0.2, 0) is 0 Å². The van der Waals surface area contributed by atoms with Gasteiger partial charge >= 0.3 is 0 Å². The molecule has 1 fully saturated rings. The molecule has 0 aliphatic carbocycles. The average Bonchev–Trinajstić information content (AvgIpc) is 2.31. The molecule has 0 nitrogen and oxygen atoms in total. The minimum atomic E-state index is 0.348. The van der Waals surface area contributed by atoms with Crippen LogP contribution >= 0.6 is 48.8 Å². The maximum atomic E-state index is 4.47. The minimum Gasteiger partial charge on any atom is -0.172 e.